The van der Waals surface area contributed by atoms with Crippen molar-refractivity contribution in [3.8, 4) is 5.75 Å². The van der Waals surface area contributed by atoms with Crippen LogP contribution >= 0.6 is 11.3 Å². The standard InChI is InChI=1S/C21H15F2N3O2S/c22-14-10-17(23)20-18(11-14)29-21(25-20)26(12-15-6-4-5-9-24-15)19(27)13-28-16-7-2-1-3-8-16/h1-11H,12-13H2. The van der Waals surface area contributed by atoms with Gasteiger partial charge in [-0.3, -0.25) is 14.7 Å². The summed E-state index contributed by atoms with van der Waals surface area (Å²) in [4.78, 5) is 22.8. The molecule has 29 heavy (non-hydrogen) atoms. The largest absolute Gasteiger partial charge is 0.484 e. The van der Waals surface area contributed by atoms with Gasteiger partial charge in [0.1, 0.15) is 17.1 Å². The molecule has 8 heteroatoms. The molecule has 2 aromatic carbocycles. The van der Waals surface area contributed by atoms with Gasteiger partial charge < -0.3 is 4.74 Å². The van der Waals surface area contributed by atoms with Crippen LogP contribution in [0.2, 0.25) is 0 Å². The molecule has 2 heterocycles. The van der Waals surface area contributed by atoms with Crippen molar-refractivity contribution in [1.82, 2.24) is 9.97 Å². The van der Waals surface area contributed by atoms with Crippen molar-refractivity contribution in [2.24, 2.45) is 0 Å². The van der Waals surface area contributed by atoms with Crippen LogP contribution in [-0.4, -0.2) is 22.5 Å². The summed E-state index contributed by atoms with van der Waals surface area (Å²) in [5, 5.41) is 0.247. The highest BCUT2D eigenvalue weighted by Gasteiger charge is 2.22. The molecule has 0 bridgehead atoms. The van der Waals surface area contributed by atoms with Gasteiger partial charge in [-0.25, -0.2) is 13.8 Å². The van der Waals surface area contributed by atoms with E-state index >= 15 is 0 Å². The topological polar surface area (TPSA) is 55.3 Å². The Kier molecular flexibility index (Phi) is 5.44. The molecule has 0 fully saturated rings. The van der Waals surface area contributed by atoms with Gasteiger partial charge >= 0.3 is 0 Å². The predicted molar refractivity (Wildman–Crippen MR) is 107 cm³/mol. The summed E-state index contributed by atoms with van der Waals surface area (Å²) in [7, 11) is 0. The van der Waals surface area contributed by atoms with Crippen molar-refractivity contribution in [1.29, 1.82) is 0 Å². The fourth-order valence-electron chi connectivity index (χ4n) is 2.72. The minimum atomic E-state index is -0.770. The SMILES string of the molecule is O=C(COc1ccccc1)N(Cc1ccccn1)c1nc2c(F)cc(F)cc2s1. The number of para-hydroxylation sites is 1. The van der Waals surface area contributed by atoms with Crippen molar-refractivity contribution in [2.75, 3.05) is 11.5 Å². The zero-order chi connectivity index (χ0) is 20.2. The monoisotopic (exact) mass is 411 g/mol. The summed E-state index contributed by atoms with van der Waals surface area (Å²) in [5.41, 5.74) is 0.653. The summed E-state index contributed by atoms with van der Waals surface area (Å²) in [5.74, 6) is -1.29. The minimum absolute atomic E-state index is 0.0224. The molecule has 0 aliphatic carbocycles. The van der Waals surface area contributed by atoms with Gasteiger partial charge in [0.05, 0.1) is 16.9 Å². The van der Waals surface area contributed by atoms with E-state index in [1.54, 1.807) is 48.7 Å². The summed E-state index contributed by atoms with van der Waals surface area (Å²) >= 11 is 1.03. The summed E-state index contributed by atoms with van der Waals surface area (Å²) in [6, 6.07) is 16.2. The van der Waals surface area contributed by atoms with Gasteiger partial charge in [0.15, 0.2) is 17.6 Å². The van der Waals surface area contributed by atoms with Crippen molar-refractivity contribution >= 4 is 32.6 Å². The highest BCUT2D eigenvalue weighted by atomic mass is 32.1. The van der Waals surface area contributed by atoms with Gasteiger partial charge in [0, 0.05) is 12.3 Å². The fraction of sp³-hybridized carbons (Fsp3) is 0.0952. The molecule has 0 spiro atoms. The van der Waals surface area contributed by atoms with E-state index in [0.717, 1.165) is 17.4 Å². The number of pyridine rings is 1. The van der Waals surface area contributed by atoms with Crippen LogP contribution in [0, 0.1) is 11.6 Å². The lowest BCUT2D eigenvalue weighted by molar-refractivity contribution is -0.120. The number of amides is 1. The van der Waals surface area contributed by atoms with Crippen LogP contribution in [-0.2, 0) is 11.3 Å². The number of nitrogens with zero attached hydrogens (tertiary/aromatic N) is 3. The van der Waals surface area contributed by atoms with E-state index in [1.165, 1.54) is 11.0 Å². The molecule has 2 aromatic heterocycles. The van der Waals surface area contributed by atoms with Crippen molar-refractivity contribution in [3.63, 3.8) is 0 Å². The number of anilines is 1. The van der Waals surface area contributed by atoms with E-state index in [-0.39, 0.29) is 29.7 Å². The quantitative estimate of drug-likeness (QED) is 0.466. The second kappa shape index (κ2) is 8.32. The summed E-state index contributed by atoms with van der Waals surface area (Å²) < 4.78 is 33.5. The Balaban J connectivity index is 1.64. The predicted octanol–water partition coefficient (Wildman–Crippen LogP) is 4.58. The molecule has 5 nitrogen and oxygen atoms in total. The number of rotatable bonds is 6. The molecule has 0 saturated carbocycles. The number of fused-ring (bicyclic) bond motifs is 1. The van der Waals surface area contributed by atoms with Crippen LogP contribution in [0.3, 0.4) is 0 Å². The summed E-state index contributed by atoms with van der Waals surface area (Å²) in [6.45, 7) is -0.106. The third kappa shape index (κ3) is 4.38. The van der Waals surface area contributed by atoms with Crippen LogP contribution in [0.1, 0.15) is 5.69 Å². The molecule has 4 aromatic rings. The third-order valence-electron chi connectivity index (χ3n) is 4.09. The van der Waals surface area contributed by atoms with E-state index in [9.17, 15) is 13.6 Å². The van der Waals surface area contributed by atoms with Crippen LogP contribution in [0.5, 0.6) is 5.75 Å². The zero-order valence-electron chi connectivity index (χ0n) is 15.1. The number of benzene rings is 2. The molecule has 0 N–H and O–H groups in total. The molecule has 0 aliphatic heterocycles. The van der Waals surface area contributed by atoms with Gasteiger partial charge in [-0.15, -0.1) is 0 Å². The molecular weight excluding hydrogens is 396 g/mol. The van der Waals surface area contributed by atoms with Gasteiger partial charge in [-0.1, -0.05) is 35.6 Å². The molecule has 0 atom stereocenters. The molecule has 0 unspecified atom stereocenters. The van der Waals surface area contributed by atoms with Crippen molar-refractivity contribution < 1.29 is 18.3 Å². The Morgan fingerprint density at radius 1 is 1.07 bits per heavy atom. The number of hydrogen-bond acceptors (Lipinski definition) is 5. The lowest BCUT2D eigenvalue weighted by Gasteiger charge is -2.19. The summed E-state index contributed by atoms with van der Waals surface area (Å²) in [6.07, 6.45) is 1.62. The third-order valence-corrected chi connectivity index (χ3v) is 5.11. The molecule has 0 radical (unpaired) electrons. The van der Waals surface area contributed by atoms with E-state index in [0.29, 0.717) is 16.1 Å². The number of ether oxygens (including phenoxy) is 1. The lowest BCUT2D eigenvalue weighted by Crippen LogP contribution is -2.34. The molecular formula is C21H15F2N3O2S. The molecule has 146 valence electrons. The van der Waals surface area contributed by atoms with E-state index in [1.807, 2.05) is 6.07 Å². The van der Waals surface area contributed by atoms with E-state index in [2.05, 4.69) is 9.97 Å². The van der Waals surface area contributed by atoms with Gasteiger partial charge in [-0.05, 0) is 30.3 Å². The first kappa shape index (κ1) is 18.9. The number of aromatic nitrogens is 2. The van der Waals surface area contributed by atoms with Crippen LogP contribution in [0.15, 0.2) is 66.9 Å². The number of hydrogen-bond donors (Lipinski definition) is 0. The van der Waals surface area contributed by atoms with Crippen LogP contribution in [0.4, 0.5) is 13.9 Å². The van der Waals surface area contributed by atoms with Crippen LogP contribution in [0.25, 0.3) is 10.2 Å². The first-order valence-corrected chi connectivity index (χ1v) is 9.55. The number of thiazole rings is 1. The van der Waals surface area contributed by atoms with Gasteiger partial charge in [0.2, 0.25) is 0 Å². The normalized spacial score (nSPS) is 10.8. The Morgan fingerprint density at radius 3 is 2.62 bits per heavy atom. The first-order valence-electron chi connectivity index (χ1n) is 8.74. The lowest BCUT2D eigenvalue weighted by atomic mass is 10.3. The maximum Gasteiger partial charge on any atom is 0.267 e. The second-order valence-corrected chi connectivity index (χ2v) is 7.14. The highest BCUT2D eigenvalue weighted by Crippen LogP contribution is 2.32. The smallest absolute Gasteiger partial charge is 0.267 e. The van der Waals surface area contributed by atoms with Crippen LogP contribution < -0.4 is 9.64 Å². The van der Waals surface area contributed by atoms with Gasteiger partial charge in [0.25, 0.3) is 5.91 Å². The maximum absolute atomic E-state index is 14.1. The Hall–Kier alpha value is -3.39. The average molecular weight is 411 g/mol. The Bertz CT molecular complexity index is 1140. The van der Waals surface area contributed by atoms with Crippen molar-refractivity contribution in [2.45, 2.75) is 6.54 Å². The number of carbonyl (C=O) groups excluding carboxylic acids is 1. The Labute approximate surface area is 169 Å². The van der Waals surface area contributed by atoms with Crippen molar-refractivity contribution in [3.05, 3.63) is 84.2 Å². The Morgan fingerprint density at radius 2 is 1.86 bits per heavy atom. The molecule has 1 amide bonds. The number of carbonyl (C=O) groups is 1. The van der Waals surface area contributed by atoms with Gasteiger partial charge in [-0.2, -0.15) is 0 Å². The first-order chi connectivity index (χ1) is 14.1. The number of halogens is 2. The van der Waals surface area contributed by atoms with E-state index < -0.39 is 11.6 Å². The minimum Gasteiger partial charge on any atom is -0.484 e. The molecule has 0 saturated heterocycles. The highest BCUT2D eigenvalue weighted by molar-refractivity contribution is 7.22. The zero-order valence-corrected chi connectivity index (χ0v) is 15.9. The average Bonchev–Trinajstić information content (AvgIpc) is 3.16. The molecule has 4 rings (SSSR count). The second-order valence-electron chi connectivity index (χ2n) is 6.13. The fourth-order valence-corrected chi connectivity index (χ4v) is 3.74. The molecule has 0 aliphatic rings. The maximum atomic E-state index is 14.1. The van der Waals surface area contributed by atoms with E-state index in [4.69, 9.17) is 4.74 Å².